The van der Waals surface area contributed by atoms with Gasteiger partial charge in [0, 0.05) is 13.1 Å². The van der Waals surface area contributed by atoms with Crippen LogP contribution in [-0.4, -0.2) is 33.8 Å². The second-order valence-electron chi connectivity index (χ2n) is 4.24. The average molecular weight is 236 g/mol. The lowest BCUT2D eigenvalue weighted by molar-refractivity contribution is 0.414. The molecule has 0 saturated heterocycles. The van der Waals surface area contributed by atoms with E-state index in [4.69, 9.17) is 0 Å². The SMILES string of the molecule is CCNCCS(=O)(=O)NCC(C)C(C)C. The molecule has 0 amide bonds. The molecule has 0 radical (unpaired) electrons. The van der Waals surface area contributed by atoms with E-state index >= 15 is 0 Å². The Kier molecular flexibility index (Phi) is 7.13. The van der Waals surface area contributed by atoms with Crippen LogP contribution >= 0.6 is 0 Å². The summed E-state index contributed by atoms with van der Waals surface area (Å²) in [6.07, 6.45) is 0. The molecule has 15 heavy (non-hydrogen) atoms. The minimum Gasteiger partial charge on any atom is -0.316 e. The van der Waals surface area contributed by atoms with E-state index in [0.29, 0.717) is 24.9 Å². The van der Waals surface area contributed by atoms with Gasteiger partial charge in [-0.15, -0.1) is 0 Å². The molecule has 92 valence electrons. The normalized spacial score (nSPS) is 14.5. The van der Waals surface area contributed by atoms with Gasteiger partial charge in [0.2, 0.25) is 10.0 Å². The third-order valence-corrected chi connectivity index (χ3v) is 3.91. The first-order valence-electron chi connectivity index (χ1n) is 5.57. The van der Waals surface area contributed by atoms with Crippen molar-refractivity contribution in [3.05, 3.63) is 0 Å². The molecule has 0 aromatic carbocycles. The smallest absolute Gasteiger partial charge is 0.212 e. The Bertz CT molecular complexity index is 250. The molecule has 0 saturated carbocycles. The van der Waals surface area contributed by atoms with Crippen molar-refractivity contribution in [3.8, 4) is 0 Å². The third-order valence-electron chi connectivity index (χ3n) is 2.56. The first kappa shape index (κ1) is 14.9. The Labute approximate surface area is 93.9 Å². The van der Waals surface area contributed by atoms with Gasteiger partial charge in [0.15, 0.2) is 0 Å². The number of sulfonamides is 1. The van der Waals surface area contributed by atoms with Crippen molar-refractivity contribution in [2.24, 2.45) is 11.8 Å². The fourth-order valence-corrected chi connectivity index (χ4v) is 2.02. The molecule has 0 fully saturated rings. The summed E-state index contributed by atoms with van der Waals surface area (Å²) >= 11 is 0. The van der Waals surface area contributed by atoms with Crippen molar-refractivity contribution in [2.75, 3.05) is 25.4 Å². The number of rotatable bonds is 8. The van der Waals surface area contributed by atoms with Gasteiger partial charge >= 0.3 is 0 Å². The Morgan fingerprint density at radius 1 is 1.20 bits per heavy atom. The molecule has 1 unspecified atom stereocenters. The minimum atomic E-state index is -3.09. The van der Waals surface area contributed by atoms with E-state index in [1.54, 1.807) is 0 Å². The highest BCUT2D eigenvalue weighted by Gasteiger charge is 2.13. The largest absolute Gasteiger partial charge is 0.316 e. The van der Waals surface area contributed by atoms with Crippen molar-refractivity contribution in [1.29, 1.82) is 0 Å². The van der Waals surface area contributed by atoms with Gasteiger partial charge in [-0.2, -0.15) is 0 Å². The van der Waals surface area contributed by atoms with Crippen LogP contribution in [0.25, 0.3) is 0 Å². The van der Waals surface area contributed by atoms with Gasteiger partial charge in [0.05, 0.1) is 5.75 Å². The van der Waals surface area contributed by atoms with Crippen LogP contribution in [0.5, 0.6) is 0 Å². The van der Waals surface area contributed by atoms with E-state index in [0.717, 1.165) is 6.54 Å². The second kappa shape index (κ2) is 7.19. The van der Waals surface area contributed by atoms with Gasteiger partial charge in [-0.05, 0) is 18.4 Å². The van der Waals surface area contributed by atoms with E-state index < -0.39 is 10.0 Å². The number of nitrogens with one attached hydrogen (secondary N) is 2. The molecular formula is C10H24N2O2S. The van der Waals surface area contributed by atoms with Gasteiger partial charge in [-0.1, -0.05) is 27.7 Å². The van der Waals surface area contributed by atoms with Crippen LogP contribution in [0.2, 0.25) is 0 Å². The van der Waals surface area contributed by atoms with Crippen LogP contribution in [0, 0.1) is 11.8 Å². The zero-order valence-electron chi connectivity index (χ0n) is 10.2. The average Bonchev–Trinajstić information content (AvgIpc) is 2.14. The van der Waals surface area contributed by atoms with E-state index in [9.17, 15) is 8.42 Å². The number of hydrogen-bond acceptors (Lipinski definition) is 3. The summed E-state index contributed by atoms with van der Waals surface area (Å²) in [6, 6.07) is 0. The van der Waals surface area contributed by atoms with E-state index in [-0.39, 0.29) is 5.75 Å². The molecule has 1 atom stereocenters. The molecule has 0 aliphatic heterocycles. The Balaban J connectivity index is 3.84. The van der Waals surface area contributed by atoms with E-state index in [1.807, 2.05) is 6.92 Å². The predicted octanol–water partition coefficient (Wildman–Crippen LogP) is 0.807. The summed E-state index contributed by atoms with van der Waals surface area (Å²) in [5, 5.41) is 3.00. The van der Waals surface area contributed by atoms with E-state index in [1.165, 1.54) is 0 Å². The fourth-order valence-electron chi connectivity index (χ4n) is 0.950. The molecule has 2 N–H and O–H groups in total. The molecule has 0 heterocycles. The van der Waals surface area contributed by atoms with Gasteiger partial charge in [0.25, 0.3) is 0 Å². The van der Waals surface area contributed by atoms with Crippen LogP contribution in [-0.2, 0) is 10.0 Å². The summed E-state index contributed by atoms with van der Waals surface area (Å²) < 4.78 is 25.6. The predicted molar refractivity (Wildman–Crippen MR) is 64.3 cm³/mol. The lowest BCUT2D eigenvalue weighted by atomic mass is 9.99. The monoisotopic (exact) mass is 236 g/mol. The molecule has 0 rings (SSSR count). The van der Waals surface area contributed by atoms with Crippen molar-refractivity contribution in [3.63, 3.8) is 0 Å². The molecule has 4 nitrogen and oxygen atoms in total. The van der Waals surface area contributed by atoms with Gasteiger partial charge in [-0.3, -0.25) is 0 Å². The zero-order chi connectivity index (χ0) is 11.9. The summed E-state index contributed by atoms with van der Waals surface area (Å²) in [5.41, 5.74) is 0. The lowest BCUT2D eigenvalue weighted by Gasteiger charge is -2.16. The van der Waals surface area contributed by atoms with Crippen molar-refractivity contribution < 1.29 is 8.42 Å². The van der Waals surface area contributed by atoms with Gasteiger partial charge in [0.1, 0.15) is 0 Å². The quantitative estimate of drug-likeness (QED) is 0.613. The molecule has 0 aromatic rings. The fraction of sp³-hybridized carbons (Fsp3) is 1.00. The maximum atomic E-state index is 11.5. The first-order valence-corrected chi connectivity index (χ1v) is 7.22. The maximum absolute atomic E-state index is 11.5. The number of hydrogen-bond donors (Lipinski definition) is 2. The molecule has 0 aromatic heterocycles. The van der Waals surface area contributed by atoms with Gasteiger partial charge < -0.3 is 5.32 Å². The Hall–Kier alpha value is -0.130. The van der Waals surface area contributed by atoms with Crippen LogP contribution in [0.15, 0.2) is 0 Å². The summed E-state index contributed by atoms with van der Waals surface area (Å²) in [6.45, 7) is 10.1. The molecule has 0 aliphatic rings. The molecule has 0 spiro atoms. The molecule has 5 heteroatoms. The lowest BCUT2D eigenvalue weighted by Crippen LogP contribution is -2.35. The zero-order valence-corrected chi connectivity index (χ0v) is 11.0. The molecule has 0 bridgehead atoms. The summed E-state index contributed by atoms with van der Waals surface area (Å²) in [7, 11) is -3.09. The topological polar surface area (TPSA) is 58.2 Å². The third kappa shape index (κ3) is 7.76. The van der Waals surface area contributed by atoms with Gasteiger partial charge in [-0.25, -0.2) is 13.1 Å². The van der Waals surface area contributed by atoms with Crippen molar-refractivity contribution >= 4 is 10.0 Å². The van der Waals surface area contributed by atoms with Crippen LogP contribution in [0.1, 0.15) is 27.7 Å². The van der Waals surface area contributed by atoms with Crippen molar-refractivity contribution in [1.82, 2.24) is 10.0 Å². The molecular weight excluding hydrogens is 212 g/mol. The highest BCUT2D eigenvalue weighted by atomic mass is 32.2. The minimum absolute atomic E-state index is 0.158. The summed E-state index contributed by atoms with van der Waals surface area (Å²) in [5.74, 6) is 1.03. The first-order chi connectivity index (χ1) is 6.89. The standard InChI is InChI=1S/C10H24N2O2S/c1-5-11-6-7-15(13,14)12-8-10(4)9(2)3/h9-12H,5-8H2,1-4H3. The van der Waals surface area contributed by atoms with Crippen molar-refractivity contribution in [2.45, 2.75) is 27.7 Å². The maximum Gasteiger partial charge on any atom is 0.212 e. The van der Waals surface area contributed by atoms with Crippen LogP contribution in [0.4, 0.5) is 0 Å². The Morgan fingerprint density at radius 2 is 1.80 bits per heavy atom. The molecule has 0 aliphatic carbocycles. The highest BCUT2D eigenvalue weighted by Crippen LogP contribution is 2.07. The second-order valence-corrected chi connectivity index (χ2v) is 6.17. The van der Waals surface area contributed by atoms with Crippen LogP contribution in [0.3, 0.4) is 0 Å². The highest BCUT2D eigenvalue weighted by molar-refractivity contribution is 7.89. The Morgan fingerprint density at radius 3 is 2.27 bits per heavy atom. The summed E-state index contributed by atoms with van der Waals surface area (Å²) in [4.78, 5) is 0. The van der Waals surface area contributed by atoms with Crippen LogP contribution < -0.4 is 10.0 Å². The van der Waals surface area contributed by atoms with E-state index in [2.05, 4.69) is 30.8 Å².